The Morgan fingerprint density at radius 2 is 1.24 bits per heavy atom. The van der Waals surface area contributed by atoms with Crippen LogP contribution < -0.4 is 5.32 Å². The van der Waals surface area contributed by atoms with E-state index in [0.717, 1.165) is 16.7 Å². The Bertz CT molecular complexity index is 993. The molecule has 0 spiro atoms. The number of nitrogens with zero attached hydrogens (tertiary/aromatic N) is 1. The largest absolute Gasteiger partial charge is 0.394 e. The Labute approximate surface area is 195 Å². The number of carbonyl (C=O) groups is 2. The number of hydrogen-bond donors (Lipinski definition) is 2. The lowest BCUT2D eigenvalue weighted by atomic mass is 9.88. The predicted molar refractivity (Wildman–Crippen MR) is 128 cm³/mol. The molecule has 1 aliphatic rings. The molecule has 1 unspecified atom stereocenters. The molecule has 2 N–H and O–H groups in total. The summed E-state index contributed by atoms with van der Waals surface area (Å²) in [6, 6.07) is 28.8. The second-order valence-corrected chi connectivity index (χ2v) is 8.51. The molecule has 0 aromatic heterocycles. The smallest absolute Gasteiger partial charge is 0.234 e. The molecular weight excluding hydrogens is 412 g/mol. The fourth-order valence-corrected chi connectivity index (χ4v) is 4.52. The lowest BCUT2D eigenvalue weighted by Gasteiger charge is -2.34. The first-order valence-electron chi connectivity index (χ1n) is 11.5. The van der Waals surface area contributed by atoms with E-state index in [9.17, 15) is 14.7 Å². The zero-order valence-electron chi connectivity index (χ0n) is 18.6. The summed E-state index contributed by atoms with van der Waals surface area (Å²) in [7, 11) is 0. The van der Waals surface area contributed by atoms with E-state index in [0.29, 0.717) is 25.9 Å². The van der Waals surface area contributed by atoms with Gasteiger partial charge in [-0.1, -0.05) is 91.0 Å². The Morgan fingerprint density at radius 1 is 0.788 bits per heavy atom. The Hall–Kier alpha value is -3.44. The first kappa shape index (κ1) is 22.7. The lowest BCUT2D eigenvalue weighted by Crippen LogP contribution is -2.45. The molecule has 5 nitrogen and oxygen atoms in total. The second kappa shape index (κ2) is 10.9. The van der Waals surface area contributed by atoms with Crippen molar-refractivity contribution in [3.05, 3.63) is 108 Å². The summed E-state index contributed by atoms with van der Waals surface area (Å²) in [5.41, 5.74) is 2.83. The summed E-state index contributed by atoms with van der Waals surface area (Å²) in [5, 5.41) is 12.7. The fraction of sp³-hybridized carbons (Fsp3) is 0.286. The standard InChI is InChI=1S/C28H30N2O3/c31-20-25(21-10-4-1-5-11-21)29-27(32)24-16-18-30(19-17-24)28(33)26(22-12-6-2-7-13-22)23-14-8-3-9-15-23/h1-15,24-26,31H,16-20H2,(H,29,32). The third-order valence-corrected chi connectivity index (χ3v) is 6.39. The Kier molecular flexibility index (Phi) is 7.53. The number of benzene rings is 3. The number of rotatable bonds is 7. The van der Waals surface area contributed by atoms with Gasteiger partial charge in [-0.15, -0.1) is 0 Å². The molecule has 2 amide bonds. The highest BCUT2D eigenvalue weighted by atomic mass is 16.3. The number of amides is 2. The third kappa shape index (κ3) is 5.49. The van der Waals surface area contributed by atoms with E-state index >= 15 is 0 Å². The number of nitrogens with one attached hydrogen (secondary N) is 1. The molecule has 0 aliphatic carbocycles. The van der Waals surface area contributed by atoms with Gasteiger partial charge in [-0.25, -0.2) is 0 Å². The van der Waals surface area contributed by atoms with Gasteiger partial charge < -0.3 is 15.3 Å². The van der Waals surface area contributed by atoms with E-state index in [1.165, 1.54) is 0 Å². The van der Waals surface area contributed by atoms with E-state index < -0.39 is 6.04 Å². The van der Waals surface area contributed by atoms with Crippen molar-refractivity contribution >= 4 is 11.8 Å². The molecule has 4 rings (SSSR count). The van der Waals surface area contributed by atoms with Gasteiger partial charge in [-0.3, -0.25) is 9.59 Å². The van der Waals surface area contributed by atoms with Gasteiger partial charge in [0.2, 0.25) is 11.8 Å². The monoisotopic (exact) mass is 442 g/mol. The number of aliphatic hydroxyl groups is 1. The van der Waals surface area contributed by atoms with Crippen LogP contribution in [0.4, 0.5) is 0 Å². The van der Waals surface area contributed by atoms with Crippen LogP contribution in [0.25, 0.3) is 0 Å². The molecule has 3 aromatic carbocycles. The molecule has 1 saturated heterocycles. The van der Waals surface area contributed by atoms with Crippen LogP contribution in [0.15, 0.2) is 91.0 Å². The van der Waals surface area contributed by atoms with Crippen molar-refractivity contribution in [3.8, 4) is 0 Å². The van der Waals surface area contributed by atoms with Crippen LogP contribution >= 0.6 is 0 Å². The average molecular weight is 443 g/mol. The summed E-state index contributed by atoms with van der Waals surface area (Å²) in [6.45, 7) is 0.938. The Morgan fingerprint density at radius 3 is 1.70 bits per heavy atom. The second-order valence-electron chi connectivity index (χ2n) is 8.51. The van der Waals surface area contributed by atoms with E-state index in [1.54, 1.807) is 0 Å². The molecule has 1 heterocycles. The van der Waals surface area contributed by atoms with Crippen LogP contribution in [0.5, 0.6) is 0 Å². The zero-order chi connectivity index (χ0) is 23.0. The molecule has 1 atom stereocenters. The normalized spacial score (nSPS) is 15.3. The van der Waals surface area contributed by atoms with Gasteiger partial charge in [0, 0.05) is 19.0 Å². The van der Waals surface area contributed by atoms with Crippen LogP contribution in [0.3, 0.4) is 0 Å². The van der Waals surface area contributed by atoms with Crippen LogP contribution in [0.2, 0.25) is 0 Å². The summed E-state index contributed by atoms with van der Waals surface area (Å²) >= 11 is 0. The molecule has 33 heavy (non-hydrogen) atoms. The number of piperidine rings is 1. The number of hydrogen-bond acceptors (Lipinski definition) is 3. The summed E-state index contributed by atoms with van der Waals surface area (Å²) in [5.74, 6) is -0.509. The first-order chi connectivity index (χ1) is 16.2. The number of carbonyl (C=O) groups excluding carboxylic acids is 2. The van der Waals surface area contributed by atoms with Crippen molar-refractivity contribution in [2.45, 2.75) is 24.8 Å². The van der Waals surface area contributed by atoms with E-state index in [1.807, 2.05) is 95.9 Å². The molecule has 1 fully saturated rings. The maximum atomic E-state index is 13.6. The van der Waals surface area contributed by atoms with Gasteiger partial charge in [0.15, 0.2) is 0 Å². The highest BCUT2D eigenvalue weighted by Gasteiger charge is 2.32. The predicted octanol–water partition coefficient (Wildman–Crippen LogP) is 3.91. The molecule has 1 aliphatic heterocycles. The number of likely N-dealkylation sites (tertiary alicyclic amines) is 1. The van der Waals surface area contributed by atoms with Crippen molar-refractivity contribution in [3.63, 3.8) is 0 Å². The van der Waals surface area contributed by atoms with Crippen LogP contribution in [-0.2, 0) is 9.59 Å². The van der Waals surface area contributed by atoms with Crippen LogP contribution in [0.1, 0.15) is 41.5 Å². The maximum Gasteiger partial charge on any atom is 0.234 e. The van der Waals surface area contributed by atoms with Gasteiger partial charge >= 0.3 is 0 Å². The van der Waals surface area contributed by atoms with E-state index in [2.05, 4.69) is 5.32 Å². The van der Waals surface area contributed by atoms with Crippen molar-refractivity contribution < 1.29 is 14.7 Å². The zero-order valence-corrected chi connectivity index (χ0v) is 18.6. The van der Waals surface area contributed by atoms with E-state index in [-0.39, 0.29) is 30.3 Å². The molecule has 0 radical (unpaired) electrons. The molecule has 3 aromatic rings. The quantitative estimate of drug-likeness (QED) is 0.583. The van der Waals surface area contributed by atoms with Gasteiger partial charge in [0.05, 0.1) is 18.6 Å². The SMILES string of the molecule is O=C(NC(CO)c1ccccc1)C1CCN(C(=O)C(c2ccccc2)c2ccccc2)CC1. The third-order valence-electron chi connectivity index (χ3n) is 6.39. The highest BCUT2D eigenvalue weighted by molar-refractivity contribution is 5.87. The van der Waals surface area contributed by atoms with Gasteiger partial charge in [-0.2, -0.15) is 0 Å². The molecule has 0 bridgehead atoms. The summed E-state index contributed by atoms with van der Waals surface area (Å²) in [4.78, 5) is 28.3. The van der Waals surface area contributed by atoms with Crippen LogP contribution in [0, 0.1) is 5.92 Å². The minimum Gasteiger partial charge on any atom is -0.394 e. The van der Waals surface area contributed by atoms with E-state index in [4.69, 9.17) is 0 Å². The fourth-order valence-electron chi connectivity index (χ4n) is 4.52. The van der Waals surface area contributed by atoms with Gasteiger partial charge in [-0.05, 0) is 29.5 Å². The van der Waals surface area contributed by atoms with Crippen LogP contribution in [-0.4, -0.2) is 41.5 Å². The molecule has 5 heteroatoms. The maximum absolute atomic E-state index is 13.6. The first-order valence-corrected chi connectivity index (χ1v) is 11.5. The van der Waals surface area contributed by atoms with Crippen molar-refractivity contribution in [2.75, 3.05) is 19.7 Å². The minimum absolute atomic E-state index is 0.0623. The molecule has 170 valence electrons. The average Bonchev–Trinajstić information content (AvgIpc) is 2.89. The lowest BCUT2D eigenvalue weighted by molar-refractivity contribution is -0.136. The van der Waals surface area contributed by atoms with Gasteiger partial charge in [0.25, 0.3) is 0 Å². The van der Waals surface area contributed by atoms with Crippen molar-refractivity contribution in [1.82, 2.24) is 10.2 Å². The Balaban J connectivity index is 1.41. The summed E-state index contributed by atoms with van der Waals surface area (Å²) in [6.07, 6.45) is 1.22. The number of aliphatic hydroxyl groups excluding tert-OH is 1. The summed E-state index contributed by atoms with van der Waals surface area (Å²) < 4.78 is 0. The topological polar surface area (TPSA) is 69.6 Å². The minimum atomic E-state index is -0.418. The van der Waals surface area contributed by atoms with Gasteiger partial charge in [0.1, 0.15) is 0 Å². The van der Waals surface area contributed by atoms with Crippen molar-refractivity contribution in [1.29, 1.82) is 0 Å². The molecule has 0 saturated carbocycles. The van der Waals surface area contributed by atoms with Crippen molar-refractivity contribution in [2.24, 2.45) is 5.92 Å². The molecular formula is C28H30N2O3. The highest BCUT2D eigenvalue weighted by Crippen LogP contribution is 2.29.